The van der Waals surface area contributed by atoms with E-state index >= 15 is 0 Å². The molecule has 1 heterocycles. The van der Waals surface area contributed by atoms with Gasteiger partial charge in [-0.15, -0.1) is 0 Å². The lowest BCUT2D eigenvalue weighted by molar-refractivity contribution is 0.102. The minimum absolute atomic E-state index is 0.300. The van der Waals surface area contributed by atoms with E-state index in [0.29, 0.717) is 34.4 Å². The van der Waals surface area contributed by atoms with Gasteiger partial charge in [0.25, 0.3) is 5.91 Å². The van der Waals surface area contributed by atoms with Crippen molar-refractivity contribution >= 4 is 29.0 Å². The Kier molecular flexibility index (Phi) is 8.13. The molecular weight excluding hydrogens is 434 g/mol. The second kappa shape index (κ2) is 11.2. The summed E-state index contributed by atoms with van der Waals surface area (Å²) in [6.45, 7) is 7.87. The number of carbonyl (C=O) groups excluding carboxylic acids is 1. The Morgan fingerprint density at radius 2 is 1.47 bits per heavy atom. The zero-order valence-electron chi connectivity index (χ0n) is 20.4. The summed E-state index contributed by atoms with van der Waals surface area (Å²) in [6, 6.07) is 12.5. The van der Waals surface area contributed by atoms with E-state index in [2.05, 4.69) is 39.3 Å². The number of anilines is 4. The monoisotopic (exact) mass is 465 g/mol. The van der Waals surface area contributed by atoms with Crippen molar-refractivity contribution in [1.29, 1.82) is 0 Å². The van der Waals surface area contributed by atoms with E-state index in [1.807, 2.05) is 25.1 Å². The molecule has 0 bridgehead atoms. The Bertz CT molecular complexity index is 1110. The summed E-state index contributed by atoms with van der Waals surface area (Å²) in [5, 5.41) is 6.12. The molecule has 0 spiro atoms. The van der Waals surface area contributed by atoms with Crippen LogP contribution in [-0.2, 0) is 0 Å². The van der Waals surface area contributed by atoms with Crippen molar-refractivity contribution in [1.82, 2.24) is 9.97 Å². The normalized spacial score (nSPS) is 10.4. The zero-order chi connectivity index (χ0) is 24.7. The molecule has 0 unspecified atom stereocenters. The fourth-order valence-electron chi connectivity index (χ4n) is 3.50. The van der Waals surface area contributed by atoms with Gasteiger partial charge in [0, 0.05) is 41.8 Å². The molecule has 0 radical (unpaired) electrons. The molecule has 0 aliphatic rings. The van der Waals surface area contributed by atoms with Crippen LogP contribution < -0.4 is 29.7 Å². The van der Waals surface area contributed by atoms with Gasteiger partial charge in [-0.25, -0.2) is 4.98 Å². The number of benzene rings is 2. The van der Waals surface area contributed by atoms with E-state index < -0.39 is 0 Å². The van der Waals surface area contributed by atoms with Gasteiger partial charge in [-0.3, -0.25) is 4.79 Å². The fraction of sp³-hybridized carbons (Fsp3) is 0.320. The molecule has 0 atom stereocenters. The predicted octanol–water partition coefficient (Wildman–Crippen LogP) is 4.65. The number of nitrogens with one attached hydrogen (secondary N) is 2. The Hall–Kier alpha value is -4.01. The van der Waals surface area contributed by atoms with Crippen LogP contribution >= 0.6 is 0 Å². The minimum Gasteiger partial charge on any atom is -0.493 e. The SMILES string of the molecule is CCN(CC)c1cc(C)nc(Nc2ccc(NC(=O)c3cc(OC)c(OC)c(OC)c3)cc2)n1. The highest BCUT2D eigenvalue weighted by Crippen LogP contribution is 2.38. The number of carbonyl (C=O) groups is 1. The molecule has 3 aromatic rings. The van der Waals surface area contributed by atoms with Crippen LogP contribution in [-0.4, -0.2) is 50.3 Å². The summed E-state index contributed by atoms with van der Waals surface area (Å²) in [7, 11) is 4.53. The van der Waals surface area contributed by atoms with Gasteiger partial charge in [-0.2, -0.15) is 4.98 Å². The first-order valence-electron chi connectivity index (χ1n) is 11.0. The van der Waals surface area contributed by atoms with Crippen molar-refractivity contribution in [2.75, 3.05) is 50.0 Å². The highest BCUT2D eigenvalue weighted by molar-refractivity contribution is 6.05. The van der Waals surface area contributed by atoms with Gasteiger partial charge in [0.15, 0.2) is 11.5 Å². The third kappa shape index (κ3) is 5.67. The van der Waals surface area contributed by atoms with Crippen LogP contribution in [0, 0.1) is 6.92 Å². The standard InChI is InChI=1S/C25H31N5O4/c1-7-30(8-2)22-13-16(3)26-25(29-22)28-19-11-9-18(10-12-19)27-24(31)17-14-20(32-4)23(34-6)21(15-17)33-5/h9-15H,7-8H2,1-6H3,(H,27,31)(H,26,28,29). The maximum Gasteiger partial charge on any atom is 0.255 e. The van der Waals surface area contributed by atoms with Crippen LogP contribution in [0.3, 0.4) is 0 Å². The lowest BCUT2D eigenvalue weighted by Gasteiger charge is -2.20. The highest BCUT2D eigenvalue weighted by atomic mass is 16.5. The highest BCUT2D eigenvalue weighted by Gasteiger charge is 2.17. The lowest BCUT2D eigenvalue weighted by Crippen LogP contribution is -2.23. The van der Waals surface area contributed by atoms with Gasteiger partial charge in [-0.05, 0) is 57.2 Å². The Morgan fingerprint density at radius 3 is 2.00 bits per heavy atom. The number of ether oxygens (including phenoxy) is 3. The van der Waals surface area contributed by atoms with Gasteiger partial charge in [-0.1, -0.05) is 0 Å². The van der Waals surface area contributed by atoms with E-state index in [4.69, 9.17) is 14.2 Å². The molecule has 9 nitrogen and oxygen atoms in total. The molecular formula is C25H31N5O4. The molecule has 0 saturated heterocycles. The number of nitrogens with zero attached hydrogens (tertiary/aromatic N) is 3. The number of aromatic nitrogens is 2. The summed E-state index contributed by atoms with van der Waals surface area (Å²) >= 11 is 0. The van der Waals surface area contributed by atoms with Crippen LogP contribution in [0.25, 0.3) is 0 Å². The third-order valence-electron chi connectivity index (χ3n) is 5.25. The van der Waals surface area contributed by atoms with Crippen molar-refractivity contribution in [3.8, 4) is 17.2 Å². The van der Waals surface area contributed by atoms with E-state index in [1.165, 1.54) is 21.3 Å². The molecule has 0 aliphatic heterocycles. The van der Waals surface area contributed by atoms with Crippen molar-refractivity contribution < 1.29 is 19.0 Å². The average molecular weight is 466 g/mol. The summed E-state index contributed by atoms with van der Waals surface area (Å²) < 4.78 is 16.0. The molecule has 3 rings (SSSR count). The first-order valence-corrected chi connectivity index (χ1v) is 11.0. The van der Waals surface area contributed by atoms with Crippen LogP contribution in [0.1, 0.15) is 29.9 Å². The summed E-state index contributed by atoms with van der Waals surface area (Å²) in [5.74, 6) is 2.36. The quantitative estimate of drug-likeness (QED) is 0.446. The van der Waals surface area contributed by atoms with Crippen LogP contribution in [0.5, 0.6) is 17.2 Å². The van der Waals surface area contributed by atoms with Crippen LogP contribution in [0.15, 0.2) is 42.5 Å². The van der Waals surface area contributed by atoms with Gasteiger partial charge in [0.1, 0.15) is 5.82 Å². The molecule has 9 heteroatoms. The topological polar surface area (TPSA) is 97.8 Å². The first-order chi connectivity index (χ1) is 16.4. The molecule has 34 heavy (non-hydrogen) atoms. The number of amides is 1. The van der Waals surface area contributed by atoms with Gasteiger partial charge in [0.05, 0.1) is 21.3 Å². The number of aryl methyl sites for hydroxylation is 1. The van der Waals surface area contributed by atoms with E-state index in [0.717, 1.165) is 30.3 Å². The maximum absolute atomic E-state index is 12.8. The summed E-state index contributed by atoms with van der Waals surface area (Å²) in [4.78, 5) is 24.1. The maximum atomic E-state index is 12.8. The number of hydrogen-bond donors (Lipinski definition) is 2. The van der Waals surface area contributed by atoms with Crippen molar-refractivity contribution in [2.24, 2.45) is 0 Å². The van der Waals surface area contributed by atoms with Gasteiger partial charge < -0.3 is 29.7 Å². The van der Waals surface area contributed by atoms with Crippen LogP contribution in [0.2, 0.25) is 0 Å². The Morgan fingerprint density at radius 1 is 0.882 bits per heavy atom. The van der Waals surface area contributed by atoms with E-state index in [-0.39, 0.29) is 5.91 Å². The Balaban J connectivity index is 1.74. The number of methoxy groups -OCH3 is 3. The third-order valence-corrected chi connectivity index (χ3v) is 5.25. The average Bonchev–Trinajstić information content (AvgIpc) is 2.84. The zero-order valence-corrected chi connectivity index (χ0v) is 20.4. The van der Waals surface area contributed by atoms with Crippen molar-refractivity contribution in [3.05, 3.63) is 53.7 Å². The molecule has 0 saturated carbocycles. The Labute approximate surface area is 200 Å². The minimum atomic E-state index is -0.300. The fourth-order valence-corrected chi connectivity index (χ4v) is 3.50. The lowest BCUT2D eigenvalue weighted by atomic mass is 10.1. The molecule has 1 amide bonds. The van der Waals surface area contributed by atoms with E-state index in [9.17, 15) is 4.79 Å². The van der Waals surface area contributed by atoms with Crippen molar-refractivity contribution in [2.45, 2.75) is 20.8 Å². The molecule has 1 aromatic heterocycles. The summed E-state index contributed by atoms with van der Waals surface area (Å²) in [6.07, 6.45) is 0. The van der Waals surface area contributed by atoms with E-state index in [1.54, 1.807) is 24.3 Å². The summed E-state index contributed by atoms with van der Waals surface area (Å²) in [5.41, 5.74) is 2.71. The van der Waals surface area contributed by atoms with Gasteiger partial charge in [0.2, 0.25) is 11.7 Å². The second-order valence-corrected chi connectivity index (χ2v) is 7.43. The molecule has 180 valence electrons. The molecule has 0 aliphatic carbocycles. The van der Waals surface area contributed by atoms with Gasteiger partial charge >= 0.3 is 0 Å². The predicted molar refractivity (Wildman–Crippen MR) is 134 cm³/mol. The number of rotatable bonds is 10. The van der Waals surface area contributed by atoms with Crippen molar-refractivity contribution in [3.63, 3.8) is 0 Å². The number of hydrogen-bond acceptors (Lipinski definition) is 8. The van der Waals surface area contributed by atoms with Crippen LogP contribution in [0.4, 0.5) is 23.1 Å². The molecule has 2 N–H and O–H groups in total. The largest absolute Gasteiger partial charge is 0.493 e. The smallest absolute Gasteiger partial charge is 0.255 e. The molecule has 2 aromatic carbocycles. The second-order valence-electron chi connectivity index (χ2n) is 7.43. The first kappa shape index (κ1) is 24.6. The molecule has 0 fully saturated rings.